The quantitative estimate of drug-likeness (QED) is 0.857. The van der Waals surface area contributed by atoms with E-state index in [0.717, 1.165) is 22.8 Å². The summed E-state index contributed by atoms with van der Waals surface area (Å²) in [6.45, 7) is 1.37. The summed E-state index contributed by atoms with van der Waals surface area (Å²) in [5, 5.41) is 3.31. The van der Waals surface area contributed by atoms with Crippen LogP contribution in [0.5, 0.6) is 11.5 Å². The molecule has 1 heterocycles. The number of nitrogens with zero attached hydrogens (tertiary/aromatic N) is 2. The molecule has 0 unspecified atom stereocenters. The van der Waals surface area contributed by atoms with E-state index in [4.69, 9.17) is 9.47 Å². The van der Waals surface area contributed by atoms with Crippen LogP contribution >= 0.6 is 0 Å². The number of rotatable bonds is 6. The fourth-order valence-corrected chi connectivity index (χ4v) is 1.74. The maximum Gasteiger partial charge on any atom is 0.127 e. The number of aromatic nitrogens is 2. The molecule has 0 aliphatic carbocycles. The highest BCUT2D eigenvalue weighted by atomic mass is 16.5. The van der Waals surface area contributed by atoms with Crippen LogP contribution in [0.4, 0.5) is 0 Å². The van der Waals surface area contributed by atoms with Gasteiger partial charge in [-0.15, -0.1) is 0 Å². The minimum absolute atomic E-state index is 0.670. The van der Waals surface area contributed by atoms with Gasteiger partial charge in [0.1, 0.15) is 11.5 Å². The summed E-state index contributed by atoms with van der Waals surface area (Å²) in [6, 6.07) is 5.78. The Kier molecular flexibility index (Phi) is 4.69. The van der Waals surface area contributed by atoms with E-state index in [1.54, 1.807) is 32.8 Å². The van der Waals surface area contributed by atoms with E-state index >= 15 is 0 Å². The molecule has 100 valence electrons. The Hall–Kier alpha value is -2.14. The Labute approximate surface area is 112 Å². The molecule has 2 rings (SSSR count). The van der Waals surface area contributed by atoms with Crippen molar-refractivity contribution in [2.45, 2.75) is 13.1 Å². The van der Waals surface area contributed by atoms with Crippen LogP contribution in [0.25, 0.3) is 0 Å². The Bertz CT molecular complexity index is 517. The van der Waals surface area contributed by atoms with Crippen LogP contribution in [0.1, 0.15) is 11.3 Å². The zero-order valence-corrected chi connectivity index (χ0v) is 11.1. The topological polar surface area (TPSA) is 56.3 Å². The summed E-state index contributed by atoms with van der Waals surface area (Å²) >= 11 is 0. The van der Waals surface area contributed by atoms with Crippen LogP contribution in [0.15, 0.2) is 36.8 Å². The lowest BCUT2D eigenvalue weighted by atomic mass is 10.2. The minimum atomic E-state index is 0.670. The Morgan fingerprint density at radius 1 is 1.11 bits per heavy atom. The summed E-state index contributed by atoms with van der Waals surface area (Å²) < 4.78 is 10.5. The second-order valence-corrected chi connectivity index (χ2v) is 3.98. The van der Waals surface area contributed by atoms with E-state index in [0.29, 0.717) is 13.1 Å². The molecule has 0 amide bonds. The molecule has 2 aromatic rings. The van der Waals surface area contributed by atoms with Gasteiger partial charge in [0.15, 0.2) is 0 Å². The lowest BCUT2D eigenvalue weighted by Crippen LogP contribution is -2.14. The molecule has 1 N–H and O–H groups in total. The summed E-state index contributed by atoms with van der Waals surface area (Å²) in [4.78, 5) is 8.23. The van der Waals surface area contributed by atoms with Crippen LogP contribution in [0, 0.1) is 0 Å². The van der Waals surface area contributed by atoms with Gasteiger partial charge in [-0.3, -0.25) is 9.97 Å². The second kappa shape index (κ2) is 6.70. The molecule has 5 nitrogen and oxygen atoms in total. The highest BCUT2D eigenvalue weighted by Crippen LogP contribution is 2.24. The molecular formula is C14H17N3O2. The van der Waals surface area contributed by atoms with Gasteiger partial charge in [0.25, 0.3) is 0 Å². The molecule has 0 atom stereocenters. The summed E-state index contributed by atoms with van der Waals surface area (Å²) in [5.74, 6) is 1.60. The number of hydrogen-bond donors (Lipinski definition) is 1. The van der Waals surface area contributed by atoms with Crippen molar-refractivity contribution in [3.8, 4) is 11.5 Å². The number of methoxy groups -OCH3 is 2. The van der Waals surface area contributed by atoms with Gasteiger partial charge in [-0.05, 0) is 6.07 Å². The minimum Gasteiger partial charge on any atom is -0.497 e. The van der Waals surface area contributed by atoms with Crippen molar-refractivity contribution in [1.82, 2.24) is 15.3 Å². The molecule has 0 aliphatic rings. The van der Waals surface area contributed by atoms with E-state index in [-0.39, 0.29) is 0 Å². The Balaban J connectivity index is 1.96. The SMILES string of the molecule is COc1ccc(CNCc2cnccn2)c(OC)c1. The molecule has 0 fully saturated rings. The lowest BCUT2D eigenvalue weighted by Gasteiger charge is -2.11. The van der Waals surface area contributed by atoms with Crippen molar-refractivity contribution in [3.05, 3.63) is 48.0 Å². The average Bonchev–Trinajstić information content (AvgIpc) is 2.48. The van der Waals surface area contributed by atoms with Gasteiger partial charge in [-0.2, -0.15) is 0 Å². The smallest absolute Gasteiger partial charge is 0.127 e. The van der Waals surface area contributed by atoms with Crippen molar-refractivity contribution >= 4 is 0 Å². The zero-order valence-electron chi connectivity index (χ0n) is 11.1. The largest absolute Gasteiger partial charge is 0.497 e. The number of ether oxygens (including phenoxy) is 2. The first-order chi connectivity index (χ1) is 9.33. The molecule has 19 heavy (non-hydrogen) atoms. The second-order valence-electron chi connectivity index (χ2n) is 3.98. The van der Waals surface area contributed by atoms with E-state index in [9.17, 15) is 0 Å². The Morgan fingerprint density at radius 2 is 2.00 bits per heavy atom. The van der Waals surface area contributed by atoms with Gasteiger partial charge in [-0.25, -0.2) is 0 Å². The third-order valence-electron chi connectivity index (χ3n) is 2.73. The lowest BCUT2D eigenvalue weighted by molar-refractivity contribution is 0.389. The third-order valence-corrected chi connectivity index (χ3v) is 2.73. The van der Waals surface area contributed by atoms with Gasteiger partial charge < -0.3 is 14.8 Å². The monoisotopic (exact) mass is 259 g/mol. The normalized spacial score (nSPS) is 10.2. The molecule has 1 aromatic heterocycles. The van der Waals surface area contributed by atoms with Crippen molar-refractivity contribution in [2.75, 3.05) is 14.2 Å². The molecule has 5 heteroatoms. The van der Waals surface area contributed by atoms with Crippen LogP contribution < -0.4 is 14.8 Å². The van der Waals surface area contributed by atoms with Crippen molar-refractivity contribution in [2.24, 2.45) is 0 Å². The molecule has 0 saturated heterocycles. The van der Waals surface area contributed by atoms with Crippen LogP contribution in [-0.2, 0) is 13.1 Å². The number of nitrogens with one attached hydrogen (secondary N) is 1. The third kappa shape index (κ3) is 3.66. The first-order valence-electron chi connectivity index (χ1n) is 6.00. The van der Waals surface area contributed by atoms with E-state index < -0.39 is 0 Å². The molecule has 1 aromatic carbocycles. The van der Waals surface area contributed by atoms with E-state index in [2.05, 4.69) is 15.3 Å². The summed E-state index contributed by atoms with van der Waals surface area (Å²) in [6.07, 6.45) is 5.10. The van der Waals surface area contributed by atoms with E-state index in [1.165, 1.54) is 0 Å². The maximum atomic E-state index is 5.34. The molecule has 0 bridgehead atoms. The number of hydrogen-bond acceptors (Lipinski definition) is 5. The molecule has 0 saturated carbocycles. The maximum absolute atomic E-state index is 5.34. The predicted octanol–water partition coefficient (Wildman–Crippen LogP) is 1.78. The highest BCUT2D eigenvalue weighted by Gasteiger charge is 2.04. The highest BCUT2D eigenvalue weighted by molar-refractivity contribution is 5.40. The van der Waals surface area contributed by atoms with Gasteiger partial charge in [0.05, 0.1) is 19.9 Å². The fourth-order valence-electron chi connectivity index (χ4n) is 1.74. The standard InChI is InChI=1S/C14H17N3O2/c1-18-13-4-3-11(14(7-13)19-2)8-16-10-12-9-15-5-6-17-12/h3-7,9,16H,8,10H2,1-2H3. The van der Waals surface area contributed by atoms with Crippen molar-refractivity contribution < 1.29 is 9.47 Å². The van der Waals surface area contributed by atoms with Crippen LogP contribution in [-0.4, -0.2) is 24.2 Å². The van der Waals surface area contributed by atoms with Gasteiger partial charge in [0.2, 0.25) is 0 Å². The molecular weight excluding hydrogens is 242 g/mol. The fraction of sp³-hybridized carbons (Fsp3) is 0.286. The molecule has 0 radical (unpaired) electrons. The van der Waals surface area contributed by atoms with Gasteiger partial charge in [0, 0.05) is 43.3 Å². The molecule has 0 aliphatic heterocycles. The van der Waals surface area contributed by atoms with Gasteiger partial charge in [-0.1, -0.05) is 6.07 Å². The zero-order chi connectivity index (χ0) is 13.5. The Morgan fingerprint density at radius 3 is 2.68 bits per heavy atom. The summed E-state index contributed by atoms with van der Waals surface area (Å²) in [7, 11) is 3.29. The van der Waals surface area contributed by atoms with Crippen LogP contribution in [0.2, 0.25) is 0 Å². The molecule has 0 spiro atoms. The van der Waals surface area contributed by atoms with E-state index in [1.807, 2.05) is 18.2 Å². The van der Waals surface area contributed by atoms with Crippen molar-refractivity contribution in [3.63, 3.8) is 0 Å². The van der Waals surface area contributed by atoms with Crippen molar-refractivity contribution in [1.29, 1.82) is 0 Å². The van der Waals surface area contributed by atoms with Gasteiger partial charge >= 0.3 is 0 Å². The summed E-state index contributed by atoms with van der Waals surface area (Å²) in [5.41, 5.74) is 1.99. The van der Waals surface area contributed by atoms with Crippen LogP contribution in [0.3, 0.4) is 0 Å². The average molecular weight is 259 g/mol. The first kappa shape index (κ1) is 13.3. The first-order valence-corrected chi connectivity index (χ1v) is 6.00. The number of benzene rings is 1. The predicted molar refractivity (Wildman–Crippen MR) is 72.1 cm³/mol.